The quantitative estimate of drug-likeness (QED) is 0.652. The second-order valence-electron chi connectivity index (χ2n) is 2.76. The summed E-state index contributed by atoms with van der Waals surface area (Å²) < 4.78 is 5.35. The summed E-state index contributed by atoms with van der Waals surface area (Å²) in [6.07, 6.45) is 3.05. The zero-order valence-corrected chi connectivity index (χ0v) is 7.31. The van der Waals surface area contributed by atoms with Crippen molar-refractivity contribution in [2.75, 3.05) is 26.3 Å². The molecule has 1 aliphatic rings. The Bertz CT molecular complexity index is 121. The van der Waals surface area contributed by atoms with Gasteiger partial charge in [0.25, 0.3) is 0 Å². The first kappa shape index (κ1) is 9.04. The molecular formula is C8H14ClNO. The van der Waals surface area contributed by atoms with E-state index in [9.17, 15) is 0 Å². The molecule has 1 unspecified atom stereocenters. The molecule has 0 spiro atoms. The third-order valence-corrected chi connectivity index (χ3v) is 2.00. The summed E-state index contributed by atoms with van der Waals surface area (Å²) in [4.78, 5) is 0. The number of hydrogen-bond acceptors (Lipinski definition) is 2. The van der Waals surface area contributed by atoms with Crippen LogP contribution in [0.1, 0.15) is 6.42 Å². The van der Waals surface area contributed by atoms with E-state index in [2.05, 4.69) is 5.32 Å². The van der Waals surface area contributed by atoms with Gasteiger partial charge in [-0.15, -0.1) is 0 Å². The Morgan fingerprint density at radius 1 is 1.64 bits per heavy atom. The van der Waals surface area contributed by atoms with Gasteiger partial charge in [-0.3, -0.25) is 0 Å². The van der Waals surface area contributed by atoms with Crippen molar-refractivity contribution in [1.29, 1.82) is 0 Å². The molecular weight excluding hydrogens is 162 g/mol. The van der Waals surface area contributed by atoms with Crippen LogP contribution in [-0.2, 0) is 4.74 Å². The first-order chi connectivity index (χ1) is 5.43. The number of halogens is 1. The molecule has 0 aromatic carbocycles. The van der Waals surface area contributed by atoms with E-state index in [1.807, 2.05) is 6.08 Å². The lowest BCUT2D eigenvalue weighted by atomic mass is 10.1. The van der Waals surface area contributed by atoms with Crippen molar-refractivity contribution in [3.8, 4) is 0 Å². The maximum absolute atomic E-state index is 5.35. The monoisotopic (exact) mass is 175 g/mol. The molecule has 1 fully saturated rings. The summed E-state index contributed by atoms with van der Waals surface area (Å²) in [5, 5.41) is 3.29. The van der Waals surface area contributed by atoms with Crippen molar-refractivity contribution in [2.45, 2.75) is 6.42 Å². The van der Waals surface area contributed by atoms with E-state index in [0.717, 1.165) is 19.7 Å². The molecule has 1 aliphatic heterocycles. The topological polar surface area (TPSA) is 21.3 Å². The Kier molecular flexibility index (Phi) is 4.59. The summed E-state index contributed by atoms with van der Waals surface area (Å²) >= 11 is 5.32. The molecule has 64 valence electrons. The Hall–Kier alpha value is -0.0500. The van der Waals surface area contributed by atoms with Gasteiger partial charge in [-0.2, -0.15) is 0 Å². The first-order valence-corrected chi connectivity index (χ1v) is 4.41. The SMILES string of the molecule is Cl/C=C/COCC1CCNC1. The molecule has 3 heteroatoms. The molecule has 0 aromatic heterocycles. The molecule has 2 nitrogen and oxygen atoms in total. The predicted molar refractivity (Wildman–Crippen MR) is 46.8 cm³/mol. The van der Waals surface area contributed by atoms with Crippen molar-refractivity contribution >= 4 is 11.6 Å². The summed E-state index contributed by atoms with van der Waals surface area (Å²) in [6.45, 7) is 3.73. The molecule has 1 N–H and O–H groups in total. The van der Waals surface area contributed by atoms with E-state index < -0.39 is 0 Å². The second-order valence-corrected chi connectivity index (χ2v) is 3.01. The molecule has 0 bridgehead atoms. The van der Waals surface area contributed by atoms with Crippen LogP contribution in [0.3, 0.4) is 0 Å². The fraction of sp³-hybridized carbons (Fsp3) is 0.750. The van der Waals surface area contributed by atoms with E-state index in [4.69, 9.17) is 16.3 Å². The molecule has 1 rings (SSSR count). The Morgan fingerprint density at radius 3 is 3.18 bits per heavy atom. The van der Waals surface area contributed by atoms with Gasteiger partial charge in [0.2, 0.25) is 0 Å². The highest BCUT2D eigenvalue weighted by atomic mass is 35.5. The van der Waals surface area contributed by atoms with Crippen molar-refractivity contribution in [1.82, 2.24) is 5.32 Å². The maximum atomic E-state index is 5.35. The van der Waals surface area contributed by atoms with Crippen LogP contribution in [0, 0.1) is 5.92 Å². The molecule has 0 radical (unpaired) electrons. The third-order valence-electron chi connectivity index (χ3n) is 1.82. The van der Waals surface area contributed by atoms with E-state index in [1.54, 1.807) is 0 Å². The van der Waals surface area contributed by atoms with Crippen molar-refractivity contribution < 1.29 is 4.74 Å². The molecule has 1 saturated heterocycles. The average Bonchev–Trinajstić information content (AvgIpc) is 2.50. The minimum Gasteiger partial charge on any atom is -0.377 e. The first-order valence-electron chi connectivity index (χ1n) is 3.97. The molecule has 11 heavy (non-hydrogen) atoms. The molecule has 0 aromatic rings. The van der Waals surface area contributed by atoms with Gasteiger partial charge < -0.3 is 10.1 Å². The van der Waals surface area contributed by atoms with E-state index in [0.29, 0.717) is 12.5 Å². The minimum atomic E-state index is 0.639. The van der Waals surface area contributed by atoms with E-state index in [-0.39, 0.29) is 0 Å². The van der Waals surface area contributed by atoms with E-state index >= 15 is 0 Å². The largest absolute Gasteiger partial charge is 0.377 e. The zero-order chi connectivity index (χ0) is 7.94. The Labute approximate surface area is 72.6 Å². The molecule has 0 aliphatic carbocycles. The molecule has 1 heterocycles. The summed E-state index contributed by atoms with van der Waals surface area (Å²) in [5.74, 6) is 0.707. The van der Waals surface area contributed by atoms with Crippen molar-refractivity contribution in [3.05, 3.63) is 11.6 Å². The van der Waals surface area contributed by atoms with Crippen LogP contribution in [0.2, 0.25) is 0 Å². The minimum absolute atomic E-state index is 0.639. The van der Waals surface area contributed by atoms with Gasteiger partial charge in [0, 0.05) is 12.1 Å². The molecule has 1 atom stereocenters. The normalized spacial score (nSPS) is 25.0. The summed E-state index contributed by atoms with van der Waals surface area (Å²) in [5.41, 5.74) is 1.49. The fourth-order valence-corrected chi connectivity index (χ4v) is 1.27. The van der Waals surface area contributed by atoms with Gasteiger partial charge in [0.1, 0.15) is 0 Å². The summed E-state index contributed by atoms with van der Waals surface area (Å²) in [7, 11) is 0. The van der Waals surface area contributed by atoms with Gasteiger partial charge in [-0.25, -0.2) is 0 Å². The molecule has 0 amide bonds. The van der Waals surface area contributed by atoms with Crippen LogP contribution in [0.4, 0.5) is 0 Å². The Balaban J connectivity index is 1.93. The van der Waals surface area contributed by atoms with Crippen LogP contribution < -0.4 is 5.32 Å². The lowest BCUT2D eigenvalue weighted by molar-refractivity contribution is 0.129. The van der Waals surface area contributed by atoms with Gasteiger partial charge in [-0.05, 0) is 25.0 Å². The lowest BCUT2D eigenvalue weighted by Crippen LogP contribution is -2.13. The molecule has 0 saturated carbocycles. The van der Waals surface area contributed by atoms with Gasteiger partial charge in [0.05, 0.1) is 13.2 Å². The number of nitrogens with one attached hydrogen (secondary N) is 1. The van der Waals surface area contributed by atoms with Crippen LogP contribution in [0.5, 0.6) is 0 Å². The maximum Gasteiger partial charge on any atom is 0.0659 e. The van der Waals surface area contributed by atoms with Crippen LogP contribution >= 0.6 is 11.6 Å². The summed E-state index contributed by atoms with van der Waals surface area (Å²) in [6, 6.07) is 0. The number of hydrogen-bond donors (Lipinski definition) is 1. The van der Waals surface area contributed by atoms with Crippen molar-refractivity contribution in [3.63, 3.8) is 0 Å². The lowest BCUT2D eigenvalue weighted by Gasteiger charge is -2.06. The van der Waals surface area contributed by atoms with Crippen LogP contribution in [0.25, 0.3) is 0 Å². The smallest absolute Gasteiger partial charge is 0.0659 e. The van der Waals surface area contributed by atoms with E-state index in [1.165, 1.54) is 12.0 Å². The number of rotatable bonds is 4. The van der Waals surface area contributed by atoms with Gasteiger partial charge in [-0.1, -0.05) is 11.6 Å². The highest BCUT2D eigenvalue weighted by molar-refractivity contribution is 6.25. The van der Waals surface area contributed by atoms with Crippen LogP contribution in [0.15, 0.2) is 11.6 Å². The van der Waals surface area contributed by atoms with Crippen LogP contribution in [-0.4, -0.2) is 26.3 Å². The number of ether oxygens (including phenoxy) is 1. The fourth-order valence-electron chi connectivity index (χ4n) is 1.20. The van der Waals surface area contributed by atoms with Gasteiger partial charge in [0.15, 0.2) is 0 Å². The zero-order valence-electron chi connectivity index (χ0n) is 6.55. The third kappa shape index (κ3) is 3.75. The predicted octanol–water partition coefficient (Wildman–Crippen LogP) is 1.36. The Morgan fingerprint density at radius 2 is 2.55 bits per heavy atom. The second kappa shape index (κ2) is 5.58. The highest BCUT2D eigenvalue weighted by Gasteiger charge is 2.13. The average molecular weight is 176 g/mol. The highest BCUT2D eigenvalue weighted by Crippen LogP contribution is 2.07. The van der Waals surface area contributed by atoms with Crippen molar-refractivity contribution in [2.24, 2.45) is 5.92 Å². The van der Waals surface area contributed by atoms with Gasteiger partial charge >= 0.3 is 0 Å². The standard InChI is InChI=1S/C8H14ClNO/c9-3-1-5-11-7-8-2-4-10-6-8/h1,3,8,10H,2,4-7H2/b3-1+.